The highest BCUT2D eigenvalue weighted by atomic mass is 19.1. The molecule has 0 aliphatic carbocycles. The van der Waals surface area contributed by atoms with Gasteiger partial charge in [-0.2, -0.15) is 0 Å². The summed E-state index contributed by atoms with van der Waals surface area (Å²) in [6, 6.07) is 4.87. The van der Waals surface area contributed by atoms with Crippen LogP contribution in [0.5, 0.6) is 0 Å². The van der Waals surface area contributed by atoms with E-state index in [1.54, 1.807) is 24.0 Å². The Morgan fingerprint density at radius 1 is 1.40 bits per heavy atom. The third-order valence-electron chi connectivity index (χ3n) is 2.51. The van der Waals surface area contributed by atoms with Crippen LogP contribution in [0.1, 0.15) is 12.0 Å². The fraction of sp³-hybridized carbons (Fsp3) is 0.250. The van der Waals surface area contributed by atoms with Crippen molar-refractivity contribution in [2.75, 3.05) is 11.4 Å². The van der Waals surface area contributed by atoms with Crippen molar-refractivity contribution in [3.8, 4) is 0 Å². The number of benzene rings is 1. The number of rotatable bonds is 1. The van der Waals surface area contributed by atoms with E-state index in [0.29, 0.717) is 17.8 Å². The Morgan fingerprint density at radius 2 is 2.20 bits per heavy atom. The number of aryl methyl sites for hydroxylation is 1. The number of carbonyl (C=O) groups excluding carboxylic acids is 1. The topological polar surface area (TPSA) is 20.3 Å². The van der Waals surface area contributed by atoms with E-state index in [9.17, 15) is 9.18 Å². The molecular weight excluding hydrogens is 193 g/mol. The molecule has 1 aliphatic heterocycles. The van der Waals surface area contributed by atoms with E-state index >= 15 is 0 Å². The maximum absolute atomic E-state index is 13.3. The zero-order valence-corrected chi connectivity index (χ0v) is 8.53. The summed E-state index contributed by atoms with van der Waals surface area (Å²) < 4.78 is 13.3. The van der Waals surface area contributed by atoms with Gasteiger partial charge in [0.25, 0.3) is 5.91 Å². The SMILES string of the molecule is Cc1ccc(N2CCC=CC2=O)cc1F. The fourth-order valence-electron chi connectivity index (χ4n) is 1.59. The molecule has 0 saturated heterocycles. The minimum absolute atomic E-state index is 0.0792. The van der Waals surface area contributed by atoms with Crippen LogP contribution in [0.4, 0.5) is 10.1 Å². The summed E-state index contributed by atoms with van der Waals surface area (Å²) in [5, 5.41) is 0. The molecule has 1 amide bonds. The molecule has 0 aromatic heterocycles. The molecule has 3 heteroatoms. The summed E-state index contributed by atoms with van der Waals surface area (Å²) in [7, 11) is 0. The smallest absolute Gasteiger partial charge is 0.250 e. The monoisotopic (exact) mass is 205 g/mol. The standard InChI is InChI=1S/C12H12FNO/c1-9-5-6-10(8-11(9)13)14-7-3-2-4-12(14)15/h2,4-6,8H,3,7H2,1H3. The second-order valence-corrected chi connectivity index (χ2v) is 3.61. The molecule has 0 N–H and O–H groups in total. The molecule has 15 heavy (non-hydrogen) atoms. The number of hydrogen-bond acceptors (Lipinski definition) is 1. The van der Waals surface area contributed by atoms with Gasteiger partial charge in [0.15, 0.2) is 0 Å². The molecule has 1 aliphatic rings. The quantitative estimate of drug-likeness (QED) is 0.689. The lowest BCUT2D eigenvalue weighted by molar-refractivity contribution is -0.114. The first kappa shape index (κ1) is 9.90. The highest BCUT2D eigenvalue weighted by Crippen LogP contribution is 2.20. The van der Waals surface area contributed by atoms with Crippen molar-refractivity contribution in [3.05, 3.63) is 41.7 Å². The minimum atomic E-state index is -0.269. The molecule has 0 radical (unpaired) electrons. The molecule has 1 aromatic carbocycles. The van der Waals surface area contributed by atoms with Crippen LogP contribution in [0, 0.1) is 12.7 Å². The third-order valence-corrected chi connectivity index (χ3v) is 2.51. The van der Waals surface area contributed by atoms with Gasteiger partial charge in [0.2, 0.25) is 0 Å². The maximum Gasteiger partial charge on any atom is 0.250 e. The Balaban J connectivity index is 2.33. The number of hydrogen-bond donors (Lipinski definition) is 0. The molecule has 0 saturated carbocycles. The van der Waals surface area contributed by atoms with E-state index in [1.165, 1.54) is 12.1 Å². The fourth-order valence-corrected chi connectivity index (χ4v) is 1.59. The summed E-state index contributed by atoms with van der Waals surface area (Å²) in [6.07, 6.45) is 4.19. The van der Waals surface area contributed by atoms with Gasteiger partial charge in [-0.1, -0.05) is 12.1 Å². The molecule has 2 rings (SSSR count). The lowest BCUT2D eigenvalue weighted by Gasteiger charge is -2.23. The highest BCUT2D eigenvalue weighted by molar-refractivity contribution is 6.02. The number of anilines is 1. The molecule has 0 bridgehead atoms. The van der Waals surface area contributed by atoms with Gasteiger partial charge in [0.05, 0.1) is 0 Å². The van der Waals surface area contributed by atoms with Crippen LogP contribution in [0.15, 0.2) is 30.4 Å². The van der Waals surface area contributed by atoms with E-state index in [1.807, 2.05) is 6.08 Å². The second kappa shape index (κ2) is 3.85. The average molecular weight is 205 g/mol. The molecule has 2 nitrogen and oxygen atoms in total. The predicted molar refractivity (Wildman–Crippen MR) is 57.2 cm³/mol. The molecule has 1 aromatic rings. The maximum atomic E-state index is 13.3. The highest BCUT2D eigenvalue weighted by Gasteiger charge is 2.16. The van der Waals surface area contributed by atoms with E-state index < -0.39 is 0 Å². The van der Waals surface area contributed by atoms with Crippen LogP contribution in [-0.4, -0.2) is 12.5 Å². The van der Waals surface area contributed by atoms with Gasteiger partial charge in [0, 0.05) is 12.2 Å². The number of amides is 1. The lowest BCUT2D eigenvalue weighted by Crippen LogP contribution is -2.32. The number of nitrogens with zero attached hydrogens (tertiary/aromatic N) is 1. The Morgan fingerprint density at radius 3 is 2.87 bits per heavy atom. The third kappa shape index (κ3) is 1.91. The molecule has 0 spiro atoms. The van der Waals surface area contributed by atoms with Gasteiger partial charge in [-0.3, -0.25) is 4.79 Å². The Labute approximate surface area is 88.0 Å². The van der Waals surface area contributed by atoms with Crippen molar-refractivity contribution in [2.45, 2.75) is 13.3 Å². The van der Waals surface area contributed by atoms with Crippen molar-refractivity contribution >= 4 is 11.6 Å². The van der Waals surface area contributed by atoms with Gasteiger partial charge in [-0.05, 0) is 37.1 Å². The number of halogens is 1. The summed E-state index contributed by atoms with van der Waals surface area (Å²) in [5.41, 5.74) is 1.23. The average Bonchev–Trinajstić information content (AvgIpc) is 2.23. The minimum Gasteiger partial charge on any atom is -0.308 e. The zero-order chi connectivity index (χ0) is 10.8. The van der Waals surface area contributed by atoms with Crippen LogP contribution in [-0.2, 0) is 4.79 Å². The van der Waals surface area contributed by atoms with Gasteiger partial charge in [-0.25, -0.2) is 4.39 Å². The Hall–Kier alpha value is -1.64. The first-order valence-electron chi connectivity index (χ1n) is 4.92. The Kier molecular flexibility index (Phi) is 2.54. The molecule has 1 heterocycles. The summed E-state index contributed by atoms with van der Waals surface area (Å²) >= 11 is 0. The van der Waals surface area contributed by atoms with Crippen molar-refractivity contribution < 1.29 is 9.18 Å². The number of carbonyl (C=O) groups is 1. The van der Waals surface area contributed by atoms with Crippen molar-refractivity contribution in [1.82, 2.24) is 0 Å². The van der Waals surface area contributed by atoms with Crippen LogP contribution in [0.25, 0.3) is 0 Å². The summed E-state index contributed by atoms with van der Waals surface area (Å²) in [6.45, 7) is 2.33. The zero-order valence-electron chi connectivity index (χ0n) is 8.53. The van der Waals surface area contributed by atoms with Crippen LogP contribution in [0.3, 0.4) is 0 Å². The lowest BCUT2D eigenvalue weighted by atomic mass is 10.1. The summed E-state index contributed by atoms with van der Waals surface area (Å²) in [4.78, 5) is 13.1. The molecule has 0 fully saturated rings. The van der Waals surface area contributed by atoms with Gasteiger partial charge in [-0.15, -0.1) is 0 Å². The van der Waals surface area contributed by atoms with Crippen molar-refractivity contribution in [1.29, 1.82) is 0 Å². The van der Waals surface area contributed by atoms with Gasteiger partial charge in [0.1, 0.15) is 5.82 Å². The van der Waals surface area contributed by atoms with E-state index in [-0.39, 0.29) is 11.7 Å². The van der Waals surface area contributed by atoms with Crippen LogP contribution >= 0.6 is 0 Å². The first-order valence-corrected chi connectivity index (χ1v) is 4.92. The molecule has 0 unspecified atom stereocenters. The molecule has 0 atom stereocenters. The van der Waals surface area contributed by atoms with Gasteiger partial charge < -0.3 is 4.90 Å². The normalized spacial score (nSPS) is 15.9. The second-order valence-electron chi connectivity index (χ2n) is 3.61. The van der Waals surface area contributed by atoms with Crippen molar-refractivity contribution in [3.63, 3.8) is 0 Å². The summed E-state index contributed by atoms with van der Waals surface area (Å²) in [5.74, 6) is -0.348. The van der Waals surface area contributed by atoms with Crippen LogP contribution in [0.2, 0.25) is 0 Å². The largest absolute Gasteiger partial charge is 0.308 e. The van der Waals surface area contributed by atoms with E-state index in [0.717, 1.165) is 6.42 Å². The molecular formula is C12H12FNO. The Bertz CT molecular complexity index is 426. The van der Waals surface area contributed by atoms with Crippen LogP contribution < -0.4 is 4.90 Å². The van der Waals surface area contributed by atoms with Crippen molar-refractivity contribution in [2.24, 2.45) is 0 Å². The van der Waals surface area contributed by atoms with E-state index in [4.69, 9.17) is 0 Å². The first-order chi connectivity index (χ1) is 7.18. The van der Waals surface area contributed by atoms with E-state index in [2.05, 4.69) is 0 Å². The predicted octanol–water partition coefficient (Wildman–Crippen LogP) is 2.43. The molecule has 78 valence electrons. The van der Waals surface area contributed by atoms with Gasteiger partial charge >= 0.3 is 0 Å².